The lowest BCUT2D eigenvalue weighted by molar-refractivity contribution is 0.289. The van der Waals surface area contributed by atoms with E-state index in [2.05, 4.69) is 20.9 Å². The predicted molar refractivity (Wildman–Crippen MR) is 101 cm³/mol. The maximum Gasteiger partial charge on any atom is 0.222 e. The van der Waals surface area contributed by atoms with E-state index in [0.717, 1.165) is 5.56 Å². The first-order valence-electron chi connectivity index (χ1n) is 8.04. The molecule has 0 amide bonds. The number of benzene rings is 2. The summed E-state index contributed by atoms with van der Waals surface area (Å²) in [6.45, 7) is 0.256. The van der Waals surface area contributed by atoms with Gasteiger partial charge in [0.1, 0.15) is 12.4 Å². The standard InChI is InChI=1S/C20H17BrFNO3/c21-16-10-14(8-9-24)11-17(22)19(16)15-6-7-18(23-20(15)25)26-12-13-4-2-1-3-5-13/h1-7,10-11,24H,8-9,12H2,(H,23,25). The van der Waals surface area contributed by atoms with Gasteiger partial charge in [0.25, 0.3) is 0 Å². The molecule has 0 atom stereocenters. The first-order chi connectivity index (χ1) is 12.6. The van der Waals surface area contributed by atoms with Crippen LogP contribution in [0.4, 0.5) is 4.39 Å². The highest BCUT2D eigenvalue weighted by molar-refractivity contribution is 9.10. The zero-order valence-corrected chi connectivity index (χ0v) is 15.4. The Morgan fingerprint density at radius 1 is 1.04 bits per heavy atom. The van der Waals surface area contributed by atoms with E-state index in [0.29, 0.717) is 23.1 Å². The topological polar surface area (TPSA) is 62.6 Å². The lowest BCUT2D eigenvalue weighted by Crippen LogP contribution is -1.98. The third-order valence-electron chi connectivity index (χ3n) is 3.85. The molecular formula is C20H17BrFNO3. The molecule has 0 spiro atoms. The second kappa shape index (κ2) is 8.29. The zero-order valence-electron chi connectivity index (χ0n) is 13.8. The van der Waals surface area contributed by atoms with E-state index in [4.69, 9.17) is 9.84 Å². The van der Waals surface area contributed by atoms with Crippen LogP contribution in [-0.2, 0) is 13.0 Å². The summed E-state index contributed by atoms with van der Waals surface area (Å²) in [7, 11) is 0. The van der Waals surface area contributed by atoms with Crippen LogP contribution in [0.1, 0.15) is 11.1 Å². The molecule has 0 aliphatic rings. The Morgan fingerprint density at radius 2 is 1.81 bits per heavy atom. The van der Waals surface area contributed by atoms with Crippen molar-refractivity contribution in [1.29, 1.82) is 0 Å². The van der Waals surface area contributed by atoms with Gasteiger partial charge in [0.15, 0.2) is 0 Å². The van der Waals surface area contributed by atoms with Gasteiger partial charge in [-0.1, -0.05) is 46.3 Å². The van der Waals surface area contributed by atoms with Gasteiger partial charge in [-0.2, -0.15) is 4.98 Å². The molecule has 0 saturated heterocycles. The summed E-state index contributed by atoms with van der Waals surface area (Å²) >= 11 is 3.33. The highest BCUT2D eigenvalue weighted by Gasteiger charge is 2.16. The van der Waals surface area contributed by atoms with Crippen LogP contribution in [0.25, 0.3) is 11.1 Å². The number of aliphatic hydroxyl groups is 1. The molecule has 1 heterocycles. The SMILES string of the molecule is OCCc1cc(F)c(-c2ccc(OCc3ccccc3)nc2O)c(Br)c1. The van der Waals surface area contributed by atoms with Crippen molar-refractivity contribution in [3.8, 4) is 22.9 Å². The summed E-state index contributed by atoms with van der Waals surface area (Å²) in [5.74, 6) is -0.563. The van der Waals surface area contributed by atoms with Crippen molar-refractivity contribution in [2.45, 2.75) is 13.0 Å². The van der Waals surface area contributed by atoms with E-state index in [1.165, 1.54) is 6.07 Å². The summed E-state index contributed by atoms with van der Waals surface area (Å²) in [5, 5.41) is 19.2. The minimum Gasteiger partial charge on any atom is -0.493 e. The molecule has 134 valence electrons. The van der Waals surface area contributed by atoms with Crippen LogP contribution in [0, 0.1) is 5.82 Å². The number of aromatic nitrogens is 1. The lowest BCUT2D eigenvalue weighted by atomic mass is 10.0. The molecule has 6 heteroatoms. The van der Waals surface area contributed by atoms with Gasteiger partial charge in [-0.05, 0) is 35.7 Å². The third kappa shape index (κ3) is 4.20. The molecule has 0 bridgehead atoms. The molecule has 0 aliphatic carbocycles. The van der Waals surface area contributed by atoms with Crippen LogP contribution < -0.4 is 4.74 Å². The third-order valence-corrected chi connectivity index (χ3v) is 4.48. The van der Waals surface area contributed by atoms with Crippen LogP contribution in [0.3, 0.4) is 0 Å². The van der Waals surface area contributed by atoms with E-state index in [1.807, 2.05) is 30.3 Å². The smallest absolute Gasteiger partial charge is 0.222 e. The highest BCUT2D eigenvalue weighted by atomic mass is 79.9. The summed E-state index contributed by atoms with van der Waals surface area (Å²) in [4.78, 5) is 4.01. The number of hydrogen-bond donors (Lipinski definition) is 2. The Kier molecular flexibility index (Phi) is 5.85. The van der Waals surface area contributed by atoms with Crippen LogP contribution in [0.15, 0.2) is 59.1 Å². The number of halogens is 2. The van der Waals surface area contributed by atoms with Crippen molar-refractivity contribution in [1.82, 2.24) is 4.98 Å². The molecule has 0 aliphatic heterocycles. The average Bonchev–Trinajstić information content (AvgIpc) is 2.62. The average molecular weight is 418 g/mol. The van der Waals surface area contributed by atoms with E-state index in [9.17, 15) is 9.50 Å². The molecule has 1 aromatic heterocycles. The predicted octanol–water partition coefficient (Wildman–Crippen LogP) is 4.47. The molecule has 3 rings (SSSR count). The van der Waals surface area contributed by atoms with Gasteiger partial charge in [0.2, 0.25) is 11.8 Å². The number of ether oxygens (including phenoxy) is 1. The Bertz CT molecular complexity index is 880. The first kappa shape index (κ1) is 18.4. The summed E-state index contributed by atoms with van der Waals surface area (Å²) in [6.07, 6.45) is 0.353. The minimum absolute atomic E-state index is 0.0640. The maximum atomic E-state index is 14.5. The van der Waals surface area contributed by atoms with Crippen molar-refractivity contribution in [3.63, 3.8) is 0 Å². The van der Waals surface area contributed by atoms with Crippen LogP contribution in [0.2, 0.25) is 0 Å². The molecular weight excluding hydrogens is 401 g/mol. The fraction of sp³-hybridized carbons (Fsp3) is 0.150. The van der Waals surface area contributed by atoms with Gasteiger partial charge < -0.3 is 14.9 Å². The molecule has 3 aromatic rings. The maximum absolute atomic E-state index is 14.5. The first-order valence-corrected chi connectivity index (χ1v) is 8.83. The quantitative estimate of drug-likeness (QED) is 0.620. The lowest BCUT2D eigenvalue weighted by Gasteiger charge is -2.12. The van der Waals surface area contributed by atoms with Crippen molar-refractivity contribution in [2.75, 3.05) is 6.61 Å². The van der Waals surface area contributed by atoms with Gasteiger partial charge in [-0.15, -0.1) is 0 Å². The fourth-order valence-corrected chi connectivity index (χ4v) is 3.29. The van der Waals surface area contributed by atoms with Gasteiger partial charge in [0, 0.05) is 28.3 Å². The number of aromatic hydroxyl groups is 1. The van der Waals surface area contributed by atoms with Crippen molar-refractivity contribution in [2.24, 2.45) is 0 Å². The van der Waals surface area contributed by atoms with E-state index in [1.54, 1.807) is 18.2 Å². The van der Waals surface area contributed by atoms with E-state index in [-0.39, 0.29) is 29.5 Å². The number of hydrogen-bond acceptors (Lipinski definition) is 4. The highest BCUT2D eigenvalue weighted by Crippen LogP contribution is 2.37. The monoisotopic (exact) mass is 417 g/mol. The molecule has 0 unspecified atom stereocenters. The zero-order chi connectivity index (χ0) is 18.5. The largest absolute Gasteiger partial charge is 0.493 e. The van der Waals surface area contributed by atoms with Gasteiger partial charge in [-0.25, -0.2) is 4.39 Å². The Hall–Kier alpha value is -2.44. The minimum atomic E-state index is -0.502. The van der Waals surface area contributed by atoms with Crippen molar-refractivity contribution < 1.29 is 19.3 Å². The number of pyridine rings is 1. The Morgan fingerprint density at radius 3 is 2.46 bits per heavy atom. The van der Waals surface area contributed by atoms with Gasteiger partial charge >= 0.3 is 0 Å². The van der Waals surface area contributed by atoms with Crippen LogP contribution >= 0.6 is 15.9 Å². The van der Waals surface area contributed by atoms with Gasteiger partial charge in [-0.3, -0.25) is 0 Å². The Balaban J connectivity index is 1.84. The van der Waals surface area contributed by atoms with E-state index < -0.39 is 5.82 Å². The fourth-order valence-electron chi connectivity index (χ4n) is 2.59. The molecule has 0 saturated carbocycles. The Labute approximate surface area is 159 Å². The normalized spacial score (nSPS) is 10.7. The second-order valence-electron chi connectivity index (χ2n) is 5.70. The summed E-state index contributed by atoms with van der Waals surface area (Å²) in [6, 6.07) is 15.8. The summed E-state index contributed by atoms with van der Waals surface area (Å²) < 4.78 is 20.5. The van der Waals surface area contributed by atoms with Crippen LogP contribution in [-0.4, -0.2) is 21.8 Å². The number of nitrogens with zero attached hydrogens (tertiary/aromatic N) is 1. The molecule has 0 fully saturated rings. The molecule has 4 nitrogen and oxygen atoms in total. The number of rotatable bonds is 6. The van der Waals surface area contributed by atoms with Crippen molar-refractivity contribution >= 4 is 15.9 Å². The molecule has 2 N–H and O–H groups in total. The molecule has 2 aromatic carbocycles. The summed E-state index contributed by atoms with van der Waals surface area (Å²) in [5.41, 5.74) is 2.12. The number of aliphatic hydroxyl groups excluding tert-OH is 1. The second-order valence-corrected chi connectivity index (χ2v) is 6.56. The molecule has 26 heavy (non-hydrogen) atoms. The van der Waals surface area contributed by atoms with Crippen molar-refractivity contribution in [3.05, 3.63) is 76.0 Å². The molecule has 0 radical (unpaired) electrons. The van der Waals surface area contributed by atoms with Gasteiger partial charge in [0.05, 0.1) is 0 Å². The van der Waals surface area contributed by atoms with Crippen LogP contribution in [0.5, 0.6) is 11.8 Å². The van der Waals surface area contributed by atoms with E-state index >= 15 is 0 Å².